The summed E-state index contributed by atoms with van der Waals surface area (Å²) in [6.07, 6.45) is 1.29. The van der Waals surface area contributed by atoms with Crippen molar-refractivity contribution in [3.8, 4) is 17.1 Å². The second kappa shape index (κ2) is 4.96. The molecular formula is C13H7BrF3N3O. The molecule has 1 aromatic carbocycles. The number of rotatable bonds is 2. The molecule has 0 atom stereocenters. The van der Waals surface area contributed by atoms with E-state index in [-0.39, 0.29) is 17.1 Å². The minimum atomic E-state index is -1.27. The van der Waals surface area contributed by atoms with Gasteiger partial charge in [0.05, 0.1) is 11.9 Å². The number of halogens is 4. The van der Waals surface area contributed by atoms with Gasteiger partial charge in [0.15, 0.2) is 33.6 Å². The fourth-order valence-electron chi connectivity index (χ4n) is 1.83. The first-order valence-corrected chi connectivity index (χ1v) is 6.51. The Balaban J connectivity index is 2.11. The average molecular weight is 358 g/mol. The molecule has 108 valence electrons. The maximum atomic E-state index is 13.7. The normalized spacial score (nSPS) is 11.0. The molecule has 2 aromatic heterocycles. The molecule has 21 heavy (non-hydrogen) atoms. The second-order valence-corrected chi connectivity index (χ2v) is 4.98. The smallest absolute Gasteiger partial charge is 0.169 e. The van der Waals surface area contributed by atoms with Crippen molar-refractivity contribution in [2.45, 2.75) is 0 Å². The summed E-state index contributed by atoms with van der Waals surface area (Å²) in [6.45, 7) is 0. The molecule has 0 unspecified atom stereocenters. The van der Waals surface area contributed by atoms with Gasteiger partial charge in [-0.2, -0.15) is 5.10 Å². The van der Waals surface area contributed by atoms with E-state index in [0.717, 1.165) is 4.68 Å². The summed E-state index contributed by atoms with van der Waals surface area (Å²) in [5.41, 5.74) is 6.01. The zero-order valence-electron chi connectivity index (χ0n) is 10.3. The number of hydrogen-bond acceptors (Lipinski definition) is 3. The quantitative estimate of drug-likeness (QED) is 0.707. The Kier molecular flexibility index (Phi) is 3.25. The minimum Gasteiger partial charge on any atom is -0.448 e. The predicted molar refractivity (Wildman–Crippen MR) is 73.3 cm³/mol. The van der Waals surface area contributed by atoms with Crippen molar-refractivity contribution < 1.29 is 17.6 Å². The van der Waals surface area contributed by atoms with Crippen LogP contribution in [0, 0.1) is 17.5 Å². The number of nitrogens with two attached hydrogens (primary N) is 1. The molecule has 0 amide bonds. The summed E-state index contributed by atoms with van der Waals surface area (Å²) in [5, 5.41) is 4.04. The third kappa shape index (κ3) is 2.42. The van der Waals surface area contributed by atoms with Gasteiger partial charge >= 0.3 is 0 Å². The lowest BCUT2D eigenvalue weighted by Gasteiger charge is -2.03. The van der Waals surface area contributed by atoms with E-state index in [0.29, 0.717) is 22.6 Å². The first kappa shape index (κ1) is 13.7. The standard InChI is InChI=1S/C13H7BrF3N3O/c14-12-2-1-11(21-12)13-9(18)5-20(19-13)10-4-7(16)6(15)3-8(10)17/h1-5H,18H2. The van der Waals surface area contributed by atoms with Crippen LogP contribution in [0.3, 0.4) is 0 Å². The fraction of sp³-hybridized carbons (Fsp3) is 0. The molecule has 2 heterocycles. The van der Waals surface area contributed by atoms with E-state index in [2.05, 4.69) is 21.0 Å². The number of nitrogen functional groups attached to an aromatic ring is 1. The van der Waals surface area contributed by atoms with Crippen molar-refractivity contribution in [3.63, 3.8) is 0 Å². The van der Waals surface area contributed by atoms with Crippen molar-refractivity contribution in [2.24, 2.45) is 0 Å². The molecule has 3 aromatic rings. The van der Waals surface area contributed by atoms with Crippen molar-refractivity contribution in [1.82, 2.24) is 9.78 Å². The molecule has 0 fully saturated rings. The Morgan fingerprint density at radius 3 is 2.48 bits per heavy atom. The maximum Gasteiger partial charge on any atom is 0.169 e. The summed E-state index contributed by atoms with van der Waals surface area (Å²) in [5.74, 6) is -3.04. The van der Waals surface area contributed by atoms with E-state index >= 15 is 0 Å². The van der Waals surface area contributed by atoms with Crippen LogP contribution in [0.1, 0.15) is 0 Å². The summed E-state index contributed by atoms with van der Waals surface area (Å²) >= 11 is 3.14. The number of furan rings is 1. The van der Waals surface area contributed by atoms with Gasteiger partial charge in [-0.3, -0.25) is 0 Å². The highest BCUT2D eigenvalue weighted by Crippen LogP contribution is 2.29. The van der Waals surface area contributed by atoms with Gasteiger partial charge in [-0.05, 0) is 28.1 Å². The molecule has 4 nitrogen and oxygen atoms in total. The van der Waals surface area contributed by atoms with E-state index < -0.39 is 17.5 Å². The molecule has 0 saturated carbocycles. The van der Waals surface area contributed by atoms with Gasteiger partial charge in [0.2, 0.25) is 0 Å². The third-order valence-electron chi connectivity index (χ3n) is 2.79. The zero-order valence-corrected chi connectivity index (χ0v) is 11.9. The first-order chi connectivity index (χ1) is 9.95. The Hall–Kier alpha value is -2.22. The van der Waals surface area contributed by atoms with Crippen LogP contribution in [0.2, 0.25) is 0 Å². The number of hydrogen-bond donors (Lipinski definition) is 1. The van der Waals surface area contributed by atoms with Crippen molar-refractivity contribution in [2.75, 3.05) is 5.73 Å². The highest BCUT2D eigenvalue weighted by atomic mass is 79.9. The molecule has 0 bridgehead atoms. The second-order valence-electron chi connectivity index (χ2n) is 4.20. The van der Waals surface area contributed by atoms with Crippen molar-refractivity contribution in [1.29, 1.82) is 0 Å². The number of nitrogens with zero attached hydrogens (tertiary/aromatic N) is 2. The SMILES string of the molecule is Nc1cn(-c2cc(F)c(F)cc2F)nc1-c1ccc(Br)o1. The highest BCUT2D eigenvalue weighted by molar-refractivity contribution is 9.10. The van der Waals surface area contributed by atoms with Gasteiger partial charge in [0.25, 0.3) is 0 Å². The molecule has 3 rings (SSSR count). The largest absolute Gasteiger partial charge is 0.448 e. The lowest BCUT2D eigenvalue weighted by atomic mass is 10.3. The molecule has 8 heteroatoms. The lowest BCUT2D eigenvalue weighted by molar-refractivity contribution is 0.491. The fourth-order valence-corrected chi connectivity index (χ4v) is 2.14. The molecule has 0 aliphatic carbocycles. The first-order valence-electron chi connectivity index (χ1n) is 5.71. The molecule has 0 aliphatic rings. The number of aromatic nitrogens is 2. The third-order valence-corrected chi connectivity index (χ3v) is 3.21. The monoisotopic (exact) mass is 357 g/mol. The van der Waals surface area contributed by atoms with Gasteiger partial charge in [0.1, 0.15) is 5.69 Å². The van der Waals surface area contributed by atoms with Gasteiger partial charge in [-0.1, -0.05) is 0 Å². The molecule has 0 saturated heterocycles. The maximum absolute atomic E-state index is 13.7. The Morgan fingerprint density at radius 1 is 1.10 bits per heavy atom. The minimum absolute atomic E-state index is 0.209. The van der Waals surface area contributed by atoms with E-state index in [1.54, 1.807) is 12.1 Å². The van der Waals surface area contributed by atoms with Gasteiger partial charge < -0.3 is 10.2 Å². The van der Waals surface area contributed by atoms with Crippen LogP contribution in [-0.4, -0.2) is 9.78 Å². The Labute approximate surface area is 125 Å². The molecule has 2 N–H and O–H groups in total. The van der Waals surface area contributed by atoms with Crippen LogP contribution in [0.4, 0.5) is 18.9 Å². The van der Waals surface area contributed by atoms with Gasteiger partial charge in [-0.15, -0.1) is 0 Å². The Morgan fingerprint density at radius 2 is 1.81 bits per heavy atom. The summed E-state index contributed by atoms with van der Waals surface area (Å²) in [6, 6.07) is 4.42. The van der Waals surface area contributed by atoms with E-state index in [9.17, 15) is 13.2 Å². The van der Waals surface area contributed by atoms with Crippen LogP contribution in [-0.2, 0) is 0 Å². The van der Waals surface area contributed by atoms with E-state index in [4.69, 9.17) is 10.2 Å². The summed E-state index contributed by atoms with van der Waals surface area (Å²) in [4.78, 5) is 0. The van der Waals surface area contributed by atoms with Crippen LogP contribution < -0.4 is 5.73 Å². The highest BCUT2D eigenvalue weighted by Gasteiger charge is 2.17. The summed E-state index contributed by atoms with van der Waals surface area (Å²) < 4.78 is 46.7. The summed E-state index contributed by atoms with van der Waals surface area (Å²) in [7, 11) is 0. The van der Waals surface area contributed by atoms with Crippen LogP contribution in [0.15, 0.2) is 39.5 Å². The number of anilines is 1. The lowest BCUT2D eigenvalue weighted by Crippen LogP contribution is -2.01. The predicted octanol–water partition coefficient (Wildman–Crippen LogP) is 3.89. The van der Waals surface area contributed by atoms with Crippen LogP contribution >= 0.6 is 15.9 Å². The molecule has 0 radical (unpaired) electrons. The van der Waals surface area contributed by atoms with E-state index in [1.165, 1.54) is 6.20 Å². The van der Waals surface area contributed by atoms with Gasteiger partial charge in [-0.25, -0.2) is 17.9 Å². The number of benzene rings is 1. The van der Waals surface area contributed by atoms with Crippen molar-refractivity contribution in [3.05, 3.63) is 52.6 Å². The van der Waals surface area contributed by atoms with Crippen molar-refractivity contribution >= 4 is 21.6 Å². The molecular weight excluding hydrogens is 351 g/mol. The van der Waals surface area contributed by atoms with Gasteiger partial charge in [0, 0.05) is 12.1 Å². The van der Waals surface area contributed by atoms with Crippen LogP contribution in [0.5, 0.6) is 0 Å². The van der Waals surface area contributed by atoms with Crippen LogP contribution in [0.25, 0.3) is 17.1 Å². The molecule has 0 aliphatic heterocycles. The Bertz CT molecular complexity index is 828. The average Bonchev–Trinajstić information content (AvgIpc) is 3.00. The molecule has 0 spiro atoms. The van der Waals surface area contributed by atoms with E-state index in [1.807, 2.05) is 0 Å². The topological polar surface area (TPSA) is 57.0 Å². The zero-order chi connectivity index (χ0) is 15.1.